The fourth-order valence-electron chi connectivity index (χ4n) is 1.86. The normalized spacial score (nSPS) is 10.9. The Morgan fingerprint density at radius 1 is 1.00 bits per heavy atom. The summed E-state index contributed by atoms with van der Waals surface area (Å²) < 4.78 is 2.07. The van der Waals surface area contributed by atoms with Crippen LogP contribution in [0.4, 0.5) is 0 Å². The standard InChI is InChI=1S/C13H10ClN3/c14-13-12(15-5-6-16-13)9-17-7-10-3-1-2-4-11(10)8-17/h1-8H,9H2. The number of nitrogens with zero attached hydrogens (tertiary/aromatic N) is 3. The number of benzene rings is 1. The third-order valence-electron chi connectivity index (χ3n) is 2.66. The van der Waals surface area contributed by atoms with Crippen LogP contribution in [-0.2, 0) is 6.54 Å². The van der Waals surface area contributed by atoms with Crippen LogP contribution in [0.5, 0.6) is 0 Å². The third kappa shape index (κ3) is 2.01. The molecule has 2 aromatic heterocycles. The Morgan fingerprint density at radius 2 is 1.65 bits per heavy atom. The van der Waals surface area contributed by atoms with Crippen molar-refractivity contribution in [3.8, 4) is 0 Å². The number of halogens is 1. The van der Waals surface area contributed by atoms with Crippen LogP contribution in [0, 0.1) is 0 Å². The summed E-state index contributed by atoms with van der Waals surface area (Å²) >= 11 is 5.99. The van der Waals surface area contributed by atoms with E-state index in [1.165, 1.54) is 10.8 Å². The minimum Gasteiger partial charge on any atom is -0.347 e. The van der Waals surface area contributed by atoms with Crippen molar-refractivity contribution >= 4 is 22.4 Å². The summed E-state index contributed by atoms with van der Waals surface area (Å²) in [5.74, 6) is 0. The Kier molecular flexibility index (Phi) is 2.53. The van der Waals surface area contributed by atoms with E-state index in [1.807, 2.05) is 12.1 Å². The molecule has 0 N–H and O–H groups in total. The summed E-state index contributed by atoms with van der Waals surface area (Å²) in [6, 6.07) is 8.23. The van der Waals surface area contributed by atoms with Gasteiger partial charge in [-0.3, -0.25) is 4.98 Å². The first-order valence-electron chi connectivity index (χ1n) is 5.33. The van der Waals surface area contributed by atoms with Crippen molar-refractivity contribution in [3.63, 3.8) is 0 Å². The van der Waals surface area contributed by atoms with Gasteiger partial charge >= 0.3 is 0 Å². The molecule has 0 unspecified atom stereocenters. The van der Waals surface area contributed by atoms with Gasteiger partial charge in [-0.05, 0) is 10.8 Å². The zero-order valence-electron chi connectivity index (χ0n) is 9.05. The second-order valence-electron chi connectivity index (χ2n) is 3.85. The summed E-state index contributed by atoms with van der Waals surface area (Å²) in [6.45, 7) is 0.640. The summed E-state index contributed by atoms with van der Waals surface area (Å²) in [7, 11) is 0. The Labute approximate surface area is 104 Å². The topological polar surface area (TPSA) is 30.7 Å². The van der Waals surface area contributed by atoms with E-state index in [4.69, 9.17) is 11.6 Å². The summed E-state index contributed by atoms with van der Waals surface area (Å²) in [5, 5.41) is 2.89. The molecule has 0 saturated heterocycles. The van der Waals surface area contributed by atoms with Crippen molar-refractivity contribution in [2.45, 2.75) is 6.54 Å². The number of hydrogen-bond donors (Lipinski definition) is 0. The van der Waals surface area contributed by atoms with Gasteiger partial charge in [0.2, 0.25) is 0 Å². The molecule has 1 aromatic carbocycles. The highest BCUT2D eigenvalue weighted by atomic mass is 35.5. The first kappa shape index (κ1) is 10.3. The predicted octanol–water partition coefficient (Wildman–Crippen LogP) is 3.13. The van der Waals surface area contributed by atoms with Crippen molar-refractivity contribution in [1.29, 1.82) is 0 Å². The number of aromatic nitrogens is 3. The van der Waals surface area contributed by atoms with Gasteiger partial charge < -0.3 is 4.57 Å². The van der Waals surface area contributed by atoms with Crippen molar-refractivity contribution < 1.29 is 0 Å². The largest absolute Gasteiger partial charge is 0.347 e. The van der Waals surface area contributed by atoms with Gasteiger partial charge in [-0.15, -0.1) is 0 Å². The Bertz CT molecular complexity index is 627. The molecule has 0 bridgehead atoms. The van der Waals surface area contributed by atoms with E-state index >= 15 is 0 Å². The first-order valence-corrected chi connectivity index (χ1v) is 5.70. The lowest BCUT2D eigenvalue weighted by atomic mass is 10.2. The second-order valence-corrected chi connectivity index (χ2v) is 4.21. The molecule has 3 nitrogen and oxygen atoms in total. The minimum absolute atomic E-state index is 0.463. The maximum Gasteiger partial charge on any atom is 0.152 e. The predicted molar refractivity (Wildman–Crippen MR) is 68.1 cm³/mol. The maximum absolute atomic E-state index is 5.99. The lowest BCUT2D eigenvalue weighted by Crippen LogP contribution is -2.00. The summed E-state index contributed by atoms with van der Waals surface area (Å²) in [4.78, 5) is 8.25. The molecule has 0 spiro atoms. The number of hydrogen-bond acceptors (Lipinski definition) is 2. The summed E-state index contributed by atoms with van der Waals surface area (Å²) in [5.41, 5.74) is 0.787. The minimum atomic E-state index is 0.463. The van der Waals surface area contributed by atoms with Gasteiger partial charge in [-0.25, -0.2) is 4.98 Å². The van der Waals surface area contributed by atoms with Crippen molar-refractivity contribution in [3.05, 3.63) is 59.9 Å². The fourth-order valence-corrected chi connectivity index (χ4v) is 2.03. The average Bonchev–Trinajstić information content (AvgIpc) is 2.74. The molecule has 0 aliphatic carbocycles. The molecular formula is C13H10ClN3. The van der Waals surface area contributed by atoms with Crippen molar-refractivity contribution in [2.75, 3.05) is 0 Å². The molecule has 0 aliphatic heterocycles. The van der Waals surface area contributed by atoms with Crippen molar-refractivity contribution in [1.82, 2.24) is 14.5 Å². The molecule has 3 rings (SSSR count). The third-order valence-corrected chi connectivity index (χ3v) is 2.98. The van der Waals surface area contributed by atoms with Crippen LogP contribution in [0.25, 0.3) is 10.8 Å². The molecule has 0 fully saturated rings. The lowest BCUT2D eigenvalue weighted by Gasteiger charge is -2.02. The van der Waals surface area contributed by atoms with Gasteiger partial charge in [0.05, 0.1) is 12.2 Å². The monoisotopic (exact) mass is 243 g/mol. The van der Waals surface area contributed by atoms with Gasteiger partial charge in [-0.1, -0.05) is 35.9 Å². The van der Waals surface area contributed by atoms with E-state index < -0.39 is 0 Å². The Balaban J connectivity index is 1.98. The molecule has 3 aromatic rings. The van der Waals surface area contributed by atoms with E-state index in [0.717, 1.165) is 5.69 Å². The van der Waals surface area contributed by atoms with Gasteiger partial charge in [0.25, 0.3) is 0 Å². The zero-order chi connectivity index (χ0) is 11.7. The highest BCUT2D eigenvalue weighted by molar-refractivity contribution is 6.29. The maximum atomic E-state index is 5.99. The zero-order valence-corrected chi connectivity index (χ0v) is 9.80. The lowest BCUT2D eigenvalue weighted by molar-refractivity contribution is 0.778. The smallest absolute Gasteiger partial charge is 0.152 e. The molecular weight excluding hydrogens is 234 g/mol. The molecule has 84 valence electrons. The van der Waals surface area contributed by atoms with Gasteiger partial charge in [-0.2, -0.15) is 0 Å². The van der Waals surface area contributed by atoms with E-state index in [0.29, 0.717) is 11.7 Å². The highest BCUT2D eigenvalue weighted by Gasteiger charge is 2.04. The van der Waals surface area contributed by atoms with Gasteiger partial charge in [0.15, 0.2) is 5.15 Å². The molecule has 0 aliphatic rings. The van der Waals surface area contributed by atoms with Crippen LogP contribution in [0.2, 0.25) is 5.15 Å². The molecule has 0 saturated carbocycles. The molecule has 2 heterocycles. The Morgan fingerprint density at radius 3 is 2.29 bits per heavy atom. The highest BCUT2D eigenvalue weighted by Crippen LogP contribution is 2.17. The summed E-state index contributed by atoms with van der Waals surface area (Å²) in [6.07, 6.45) is 7.42. The van der Waals surface area contributed by atoms with Crippen LogP contribution in [0.3, 0.4) is 0 Å². The van der Waals surface area contributed by atoms with E-state index in [9.17, 15) is 0 Å². The van der Waals surface area contributed by atoms with Crippen LogP contribution in [-0.4, -0.2) is 14.5 Å². The van der Waals surface area contributed by atoms with Gasteiger partial charge in [0, 0.05) is 24.8 Å². The average molecular weight is 244 g/mol. The van der Waals surface area contributed by atoms with Crippen LogP contribution >= 0.6 is 11.6 Å². The molecule has 0 amide bonds. The van der Waals surface area contributed by atoms with Crippen LogP contribution in [0.1, 0.15) is 5.69 Å². The number of rotatable bonds is 2. The second kappa shape index (κ2) is 4.18. The molecule has 17 heavy (non-hydrogen) atoms. The van der Waals surface area contributed by atoms with Gasteiger partial charge in [0.1, 0.15) is 0 Å². The van der Waals surface area contributed by atoms with E-state index in [-0.39, 0.29) is 0 Å². The molecule has 0 atom stereocenters. The van der Waals surface area contributed by atoms with Crippen LogP contribution < -0.4 is 0 Å². The van der Waals surface area contributed by atoms with Crippen LogP contribution in [0.15, 0.2) is 49.1 Å². The quantitative estimate of drug-likeness (QED) is 0.692. The van der Waals surface area contributed by atoms with Crippen molar-refractivity contribution in [2.24, 2.45) is 0 Å². The number of fused-ring (bicyclic) bond motifs is 1. The molecule has 4 heteroatoms. The fraction of sp³-hybridized carbons (Fsp3) is 0.0769. The van der Waals surface area contributed by atoms with E-state index in [1.54, 1.807) is 12.4 Å². The van der Waals surface area contributed by atoms with E-state index in [2.05, 4.69) is 39.1 Å². The Hall–Kier alpha value is -1.87. The SMILES string of the molecule is Clc1nccnc1Cn1cc2ccccc2c1. The first-order chi connectivity index (χ1) is 8.33. The molecule has 0 radical (unpaired) electrons.